The molecule has 0 radical (unpaired) electrons. The quantitative estimate of drug-likeness (QED) is 0.0146. The topological polar surface area (TPSA) is 531 Å². The number of pyridine rings is 7. The number of aromatic nitrogens is 9. The van der Waals surface area contributed by atoms with Gasteiger partial charge in [0.1, 0.15) is 50.0 Å². The summed E-state index contributed by atoms with van der Waals surface area (Å²) in [6.45, 7) is 57.9. The molecule has 660 valence electrons. The van der Waals surface area contributed by atoms with E-state index in [1.807, 2.05) is 134 Å². The lowest BCUT2D eigenvalue weighted by atomic mass is 9.81. The molecule has 0 unspecified atom stereocenters. The lowest BCUT2D eigenvalue weighted by Crippen LogP contribution is -2.41. The molecular formula is C82H130BBrN18O17. The van der Waals surface area contributed by atoms with Crippen molar-refractivity contribution in [2.75, 3.05) is 48.5 Å². The summed E-state index contributed by atoms with van der Waals surface area (Å²) in [4.78, 5) is 97.0. The molecule has 10 heterocycles. The van der Waals surface area contributed by atoms with Gasteiger partial charge < -0.3 is 71.0 Å². The first kappa shape index (κ1) is 112. The molecule has 0 atom stereocenters. The fraction of sp³-hybridized carbons (Fsp3) is 0.500. The van der Waals surface area contributed by atoms with E-state index in [-0.39, 0.29) is 99.7 Å². The number of nitrogens with one attached hydrogen (secondary N) is 2. The number of rotatable bonds is 17. The van der Waals surface area contributed by atoms with Crippen LogP contribution in [-0.4, -0.2) is 109 Å². The average molecular weight is 1730 g/mol. The zero-order valence-corrected chi connectivity index (χ0v) is 72.4. The fourth-order valence-corrected chi connectivity index (χ4v) is 10.9. The number of oxazole rings is 2. The normalized spacial score (nSPS) is 11.8. The minimum absolute atomic E-state index is 0. The van der Waals surface area contributed by atoms with Gasteiger partial charge in [0.05, 0.1) is 70.5 Å². The zero-order chi connectivity index (χ0) is 88.3. The van der Waals surface area contributed by atoms with Gasteiger partial charge in [-0.05, 0) is 197 Å². The fourth-order valence-electron chi connectivity index (χ4n) is 10.4. The summed E-state index contributed by atoms with van der Waals surface area (Å²) in [5.41, 5.74) is 38.1. The molecule has 9 aromatic heterocycles. The first-order chi connectivity index (χ1) is 53.2. The highest BCUT2D eigenvalue weighted by molar-refractivity contribution is 9.10. The summed E-state index contributed by atoms with van der Waals surface area (Å²) in [5.74, 6) is 2.02. The highest BCUT2D eigenvalue weighted by Gasteiger charge is 2.51. The molecule has 35 nitrogen and oxygen atoms in total. The van der Waals surface area contributed by atoms with Crippen molar-refractivity contribution in [2.24, 2.45) is 0 Å². The van der Waals surface area contributed by atoms with Crippen LogP contribution in [-0.2, 0) is 23.5 Å². The van der Waals surface area contributed by atoms with Crippen LogP contribution in [0.3, 0.4) is 0 Å². The van der Waals surface area contributed by atoms with E-state index in [1.54, 1.807) is 34.6 Å². The number of hydrogen-bond donors (Lipinski definition) is 7. The van der Waals surface area contributed by atoms with Crippen molar-refractivity contribution in [3.63, 3.8) is 0 Å². The van der Waals surface area contributed by atoms with E-state index in [2.05, 4.69) is 108 Å². The highest BCUT2D eigenvalue weighted by atomic mass is 79.9. The number of aromatic amines is 2. The molecule has 12 N–H and O–H groups in total. The highest BCUT2D eigenvalue weighted by Crippen LogP contribution is 2.39. The van der Waals surface area contributed by atoms with Crippen LogP contribution in [0.2, 0.25) is 0 Å². The summed E-state index contributed by atoms with van der Waals surface area (Å²) in [7, 11) is -0.241. The molecule has 9 aromatic rings. The van der Waals surface area contributed by atoms with Gasteiger partial charge in [-0.25, -0.2) is 34.9 Å². The second-order valence-electron chi connectivity index (χ2n) is 29.0. The number of halogens is 1. The van der Waals surface area contributed by atoms with Crippen molar-refractivity contribution in [1.82, 2.24) is 44.9 Å². The van der Waals surface area contributed by atoms with Gasteiger partial charge in [0.15, 0.2) is 12.8 Å². The van der Waals surface area contributed by atoms with Gasteiger partial charge in [-0.1, -0.05) is 111 Å². The van der Waals surface area contributed by atoms with Gasteiger partial charge >= 0.3 is 18.4 Å². The molecule has 37 heteroatoms. The predicted molar refractivity (Wildman–Crippen MR) is 482 cm³/mol. The Hall–Kier alpha value is -11.0. The summed E-state index contributed by atoms with van der Waals surface area (Å²) in [6.07, 6.45) is 2.65. The smallest absolute Gasteiger partial charge is 0.425 e. The molecule has 1 fully saturated rings. The van der Waals surface area contributed by atoms with Crippen LogP contribution in [0.25, 0.3) is 28.0 Å². The van der Waals surface area contributed by atoms with Gasteiger partial charge in [-0.15, -0.1) is 6.58 Å². The van der Waals surface area contributed by atoms with Crippen LogP contribution in [0, 0.1) is 88.9 Å². The maximum absolute atomic E-state index is 11.5. The van der Waals surface area contributed by atoms with Crippen LogP contribution in [0.4, 0.5) is 51.6 Å². The Morgan fingerprint density at radius 3 is 1.22 bits per heavy atom. The molecule has 1 aliphatic rings. The molecule has 0 spiro atoms. The Bertz CT molecular complexity index is 4840. The number of H-pyrrole nitrogens is 2. The Morgan fingerprint density at radius 2 is 0.874 bits per heavy atom. The summed E-state index contributed by atoms with van der Waals surface area (Å²) in [5, 5.41) is 43.4. The number of ether oxygens (including phenoxy) is 3. The Kier molecular flexibility index (Phi) is 47.8. The molecule has 0 bridgehead atoms. The molecule has 119 heavy (non-hydrogen) atoms. The Balaban J connectivity index is -0.00000127. The molecule has 0 saturated carbocycles. The lowest BCUT2D eigenvalue weighted by molar-refractivity contribution is -0.397. The minimum atomic E-state index is -0.915. The minimum Gasteiger partial charge on any atom is -0.425 e. The van der Waals surface area contributed by atoms with Gasteiger partial charge in [0.2, 0.25) is 11.4 Å². The number of nitro groups is 4. The van der Waals surface area contributed by atoms with E-state index < -0.39 is 48.7 Å². The standard InChI is InChI=1S/C10H11N3O3.C10H13N3O.C9H17BO2.C9H11N3O5.C9H13N3O3.C9H14N2.C9H12N2.C7H16O3.C6H7BrN2.4CH4/c1-5(2)7-9(13(14)15)6(3)8-10(12-7)16-4-11-8;1-5(2)8-7(11)6(3)9-10(13-8)14-4-12-9;1-7(2)10-11-8(3,4)9(5,6)12-10;1-4(2)6-7(11(14)15)5(3)8(12(16)17)9(13)10-6;1-4(2)7-8(12(14)15)5(3)6(10)9(13)11-7;2*1-6(2)8-4-7(3)5-9(10)11-8;1-4-8-7(9-5-2)10-6-3;1-4-2-5(7)9-6(8)3-4;;;;/h4-5H,1-3H3;4-5H,11H2,1-3H3;1H2,2-6H3;4H,1-3H3,(H,10,13);4H,10H2,1-3H3,(H,11,13);4-6H,1-3H3,(H2,10,11);4-5H,1H2,2-3H3,(H2,10,11);7H,4-6H2,1-3H3;2-3H,1H3,(H2,8,9);4*1H4. The van der Waals surface area contributed by atoms with Crippen molar-refractivity contribution in [3.05, 3.63) is 207 Å². The number of allylic oxidation sites excluding steroid dienone is 2. The van der Waals surface area contributed by atoms with E-state index in [0.717, 1.165) is 60.6 Å². The van der Waals surface area contributed by atoms with E-state index in [1.165, 1.54) is 32.2 Å². The second kappa shape index (κ2) is 50.7. The Labute approximate surface area is 708 Å². The number of fused-ring (bicyclic) bond motifs is 2. The van der Waals surface area contributed by atoms with Crippen LogP contribution >= 0.6 is 15.9 Å². The Morgan fingerprint density at radius 1 is 0.496 bits per heavy atom. The lowest BCUT2D eigenvalue weighted by Gasteiger charge is -2.32. The van der Waals surface area contributed by atoms with Crippen LogP contribution in [0.15, 0.2) is 90.8 Å². The van der Waals surface area contributed by atoms with Crippen molar-refractivity contribution in [1.29, 1.82) is 0 Å². The van der Waals surface area contributed by atoms with Crippen LogP contribution < -0.4 is 39.8 Å². The maximum Gasteiger partial charge on any atom is 0.489 e. The number of anilines is 5. The third kappa shape index (κ3) is 33.0. The SMILES string of the molecule is C.C.C.C.C=C(C)B1OC(C)(C)C(C)(C)O1.C=C(C)c1cc(C)cc(N)n1.CCOC(OCC)OCC.Cc1c(N)c(C(C)C)nc2ocnc12.Cc1c([N+](=O)[O-])c(C(C)C)[nH]c(=O)c1N.Cc1c([N+](=O)[O-])c(C(C)C)[nH]c(=O)c1[N+](=O)[O-].Cc1c([N+](=O)[O-])c(C(C)C)nc2ocnc12.Cc1cc(N)nc(Br)c1.Cc1cc(N)nc(C(C)C)c1. The second-order valence-corrected chi connectivity index (χ2v) is 29.8. The number of nitrogen functional groups attached to an aromatic ring is 5. The molecule has 10 rings (SSSR count). The van der Waals surface area contributed by atoms with Crippen LogP contribution in [0.1, 0.15) is 264 Å². The monoisotopic (exact) mass is 1730 g/mol. The van der Waals surface area contributed by atoms with E-state index >= 15 is 0 Å². The van der Waals surface area contributed by atoms with Crippen molar-refractivity contribution in [2.45, 2.75) is 257 Å². The largest absolute Gasteiger partial charge is 0.489 e. The van der Waals surface area contributed by atoms with Crippen molar-refractivity contribution < 1.29 is 52.0 Å². The van der Waals surface area contributed by atoms with Gasteiger partial charge in [-0.2, -0.15) is 0 Å². The molecule has 1 aliphatic heterocycles. The number of hydrogen-bond acceptors (Lipinski definition) is 29. The van der Waals surface area contributed by atoms with Gasteiger partial charge in [0.25, 0.3) is 29.1 Å². The molecular weight excluding hydrogens is 1600 g/mol. The average Bonchev–Trinajstić information content (AvgIpc) is 1.72. The van der Waals surface area contributed by atoms with E-state index in [0.29, 0.717) is 83.0 Å². The van der Waals surface area contributed by atoms with Crippen molar-refractivity contribution >= 4 is 103 Å². The molecule has 0 amide bonds. The van der Waals surface area contributed by atoms with Gasteiger partial charge in [0, 0.05) is 48.8 Å². The molecule has 1 saturated heterocycles. The first-order valence-corrected chi connectivity index (χ1v) is 37.5. The maximum atomic E-state index is 11.5. The number of nitrogens with two attached hydrogens (primary N) is 5. The van der Waals surface area contributed by atoms with Gasteiger partial charge in [-0.3, -0.25) is 50.0 Å². The van der Waals surface area contributed by atoms with E-state index in [4.69, 9.17) is 61.0 Å². The van der Waals surface area contributed by atoms with Crippen molar-refractivity contribution in [3.8, 4) is 0 Å². The summed E-state index contributed by atoms with van der Waals surface area (Å²) < 4.78 is 37.7. The van der Waals surface area contributed by atoms with Crippen LogP contribution in [0.5, 0.6) is 0 Å². The third-order valence-electron chi connectivity index (χ3n) is 17.0. The molecule has 0 aliphatic carbocycles. The number of nitrogens with zero attached hydrogens (tertiary/aromatic N) is 11. The summed E-state index contributed by atoms with van der Waals surface area (Å²) in [6, 6.07) is 11.5. The first-order valence-electron chi connectivity index (χ1n) is 36.7. The molecule has 0 aromatic carbocycles. The van der Waals surface area contributed by atoms with E-state index in [9.17, 15) is 50.0 Å². The zero-order valence-electron chi connectivity index (χ0n) is 70.8. The summed E-state index contributed by atoms with van der Waals surface area (Å²) >= 11 is 3.22. The third-order valence-corrected chi connectivity index (χ3v) is 17.4. The predicted octanol–water partition coefficient (Wildman–Crippen LogP) is 19.7. The number of aryl methyl sites for hydroxylation is 5.